The first kappa shape index (κ1) is 17.1. The molecule has 2 bridgehead atoms. The third kappa shape index (κ3) is 3.22. The summed E-state index contributed by atoms with van der Waals surface area (Å²) in [6.45, 7) is 0.0289. The van der Waals surface area contributed by atoms with Crippen molar-refractivity contribution in [3.63, 3.8) is 0 Å². The minimum Gasteiger partial charge on any atom is -0.309 e. The zero-order valence-corrected chi connectivity index (χ0v) is 13.5. The second kappa shape index (κ2) is 6.08. The van der Waals surface area contributed by atoms with E-state index in [2.05, 4.69) is 20.2 Å². The van der Waals surface area contributed by atoms with Gasteiger partial charge in [0.15, 0.2) is 0 Å². The van der Waals surface area contributed by atoms with Gasteiger partial charge in [0.1, 0.15) is 6.04 Å². The quantitative estimate of drug-likeness (QED) is 0.192. The number of halogens is 1. The first-order valence-electron chi connectivity index (χ1n) is 6.10. The van der Waals surface area contributed by atoms with E-state index in [1.807, 2.05) is 0 Å². The molecule has 2 saturated heterocycles. The van der Waals surface area contributed by atoms with Gasteiger partial charge in [0, 0.05) is 6.54 Å². The maximum Gasteiger partial charge on any atom is 0.418 e. The average Bonchev–Trinajstić information content (AvgIpc) is 2.69. The van der Waals surface area contributed by atoms with E-state index in [1.165, 1.54) is 0 Å². The summed E-state index contributed by atoms with van der Waals surface area (Å²) in [6.07, 6.45) is 0.439. The van der Waals surface area contributed by atoms with Crippen molar-refractivity contribution in [2.45, 2.75) is 24.9 Å². The van der Waals surface area contributed by atoms with Crippen LogP contribution in [0.1, 0.15) is 12.8 Å². The van der Waals surface area contributed by atoms with Crippen LogP contribution in [0.3, 0.4) is 0 Å². The number of amides is 4. The lowest BCUT2D eigenvalue weighted by atomic mass is 10.00. The Morgan fingerprint density at radius 3 is 2.64 bits per heavy atom. The second-order valence-corrected chi connectivity index (χ2v) is 6.31. The molecule has 0 spiro atoms. The highest BCUT2D eigenvalue weighted by Crippen LogP contribution is 2.31. The zero-order valence-electron chi connectivity index (χ0n) is 11.1. The number of fused-ring (bicyclic) bond motifs is 2. The maximum atomic E-state index is 12.2. The Labute approximate surface area is 133 Å². The number of rotatable bonds is 4. The summed E-state index contributed by atoms with van der Waals surface area (Å²) in [5.41, 5.74) is 0. The standard InChI is InChI=1S/C9H13BrN4O7S/c10-3-7(15)13(11)8(16)6-2-1-5-4-12(6)9(17)14(5)21-22(18,19)20/h5-6H,1-4,11H2,(H,18,19,20)/t5-,6-/m1/s1. The van der Waals surface area contributed by atoms with Crippen LogP contribution in [0, 0.1) is 0 Å². The summed E-state index contributed by atoms with van der Waals surface area (Å²) in [7, 11) is -4.85. The number of hydrogen-bond acceptors (Lipinski definition) is 7. The number of carbonyl (C=O) groups excluding carboxylic acids is 3. The fraction of sp³-hybridized carbons (Fsp3) is 0.667. The number of hydroxylamine groups is 2. The van der Waals surface area contributed by atoms with Crippen molar-refractivity contribution in [2.24, 2.45) is 5.84 Å². The first-order valence-corrected chi connectivity index (χ1v) is 8.58. The minimum absolute atomic E-state index is 0.0289. The van der Waals surface area contributed by atoms with Crippen molar-refractivity contribution in [3.05, 3.63) is 0 Å². The molecule has 2 rings (SSSR count). The molecule has 4 amide bonds. The Hall–Kier alpha value is -1.28. The van der Waals surface area contributed by atoms with Gasteiger partial charge in [-0.15, -0.1) is 4.28 Å². The molecule has 13 heteroatoms. The van der Waals surface area contributed by atoms with Crippen LogP contribution >= 0.6 is 15.9 Å². The van der Waals surface area contributed by atoms with Crippen LogP contribution in [0.4, 0.5) is 4.79 Å². The number of nitrogens with zero attached hydrogens (tertiary/aromatic N) is 3. The monoisotopic (exact) mass is 400 g/mol. The van der Waals surface area contributed by atoms with Gasteiger partial charge >= 0.3 is 16.4 Å². The van der Waals surface area contributed by atoms with Gasteiger partial charge in [-0.1, -0.05) is 15.9 Å². The van der Waals surface area contributed by atoms with Gasteiger partial charge in [0.05, 0.1) is 11.4 Å². The molecule has 3 N–H and O–H groups in total. The van der Waals surface area contributed by atoms with E-state index in [9.17, 15) is 22.8 Å². The highest BCUT2D eigenvalue weighted by Gasteiger charge is 2.50. The molecule has 2 aliphatic heterocycles. The van der Waals surface area contributed by atoms with Crippen molar-refractivity contribution in [3.8, 4) is 0 Å². The van der Waals surface area contributed by atoms with Crippen molar-refractivity contribution < 1.29 is 31.6 Å². The van der Waals surface area contributed by atoms with Crippen LogP contribution in [0.2, 0.25) is 0 Å². The molecule has 0 unspecified atom stereocenters. The summed E-state index contributed by atoms with van der Waals surface area (Å²) in [4.78, 5) is 36.7. The van der Waals surface area contributed by atoms with E-state index in [-0.39, 0.29) is 24.7 Å². The average molecular weight is 401 g/mol. The van der Waals surface area contributed by atoms with E-state index in [0.717, 1.165) is 4.90 Å². The van der Waals surface area contributed by atoms with E-state index in [0.29, 0.717) is 10.1 Å². The van der Waals surface area contributed by atoms with Crippen molar-refractivity contribution in [1.29, 1.82) is 0 Å². The van der Waals surface area contributed by atoms with Gasteiger partial charge in [-0.25, -0.2) is 15.6 Å². The van der Waals surface area contributed by atoms with Crippen LogP contribution in [0.25, 0.3) is 0 Å². The molecule has 0 aliphatic carbocycles. The van der Waals surface area contributed by atoms with E-state index < -0.39 is 40.3 Å². The third-order valence-corrected chi connectivity index (χ3v) is 4.23. The summed E-state index contributed by atoms with van der Waals surface area (Å²) in [6, 6.07) is -2.50. The van der Waals surface area contributed by atoms with Crippen molar-refractivity contribution in [2.75, 3.05) is 11.9 Å². The number of alkyl halides is 1. The number of piperidine rings is 1. The smallest absolute Gasteiger partial charge is 0.309 e. The molecule has 124 valence electrons. The van der Waals surface area contributed by atoms with Gasteiger partial charge in [0.25, 0.3) is 11.8 Å². The van der Waals surface area contributed by atoms with Crippen LogP contribution in [-0.4, -0.2) is 69.7 Å². The highest BCUT2D eigenvalue weighted by molar-refractivity contribution is 9.09. The Morgan fingerprint density at radius 1 is 1.45 bits per heavy atom. The molecule has 0 aromatic heterocycles. The van der Waals surface area contributed by atoms with Gasteiger partial charge in [-0.3, -0.25) is 14.1 Å². The summed E-state index contributed by atoms with van der Waals surface area (Å²) in [5, 5.41) is 0.769. The molecular weight excluding hydrogens is 388 g/mol. The van der Waals surface area contributed by atoms with Gasteiger partial charge < -0.3 is 4.90 Å². The molecule has 2 aliphatic rings. The number of urea groups is 1. The Balaban J connectivity index is 2.15. The minimum atomic E-state index is -4.85. The lowest BCUT2D eigenvalue weighted by Crippen LogP contribution is -2.55. The number of hydrazine groups is 1. The number of carbonyl (C=O) groups is 3. The predicted octanol–water partition coefficient (Wildman–Crippen LogP) is -1.39. The number of nitrogens with two attached hydrogens (primary N) is 1. The number of imide groups is 1. The molecule has 11 nitrogen and oxygen atoms in total. The van der Waals surface area contributed by atoms with Gasteiger partial charge in [-0.2, -0.15) is 13.5 Å². The molecule has 2 atom stereocenters. The normalized spacial score (nSPS) is 24.6. The molecular formula is C9H13BrN4O7S. The fourth-order valence-corrected chi connectivity index (χ4v) is 3.09. The van der Waals surface area contributed by atoms with Crippen molar-refractivity contribution in [1.82, 2.24) is 15.0 Å². The summed E-state index contributed by atoms with van der Waals surface area (Å²) in [5.74, 6) is 3.95. The predicted molar refractivity (Wildman–Crippen MR) is 73.2 cm³/mol. The maximum absolute atomic E-state index is 12.2. The molecule has 0 saturated carbocycles. The van der Waals surface area contributed by atoms with Gasteiger partial charge in [-0.05, 0) is 12.8 Å². The van der Waals surface area contributed by atoms with Gasteiger partial charge in [0.2, 0.25) is 0 Å². The Morgan fingerprint density at radius 2 is 2.09 bits per heavy atom. The lowest BCUT2D eigenvalue weighted by Gasteiger charge is -2.31. The van der Waals surface area contributed by atoms with Crippen LogP contribution in [0.5, 0.6) is 0 Å². The van der Waals surface area contributed by atoms with E-state index in [4.69, 9.17) is 10.4 Å². The van der Waals surface area contributed by atoms with Crippen LogP contribution < -0.4 is 5.84 Å². The SMILES string of the molecule is NN(C(=O)CBr)C(=O)[C@H]1CC[C@@H]2CN1C(=O)N2OS(=O)(=O)O. The number of hydrogen-bond donors (Lipinski definition) is 2. The highest BCUT2D eigenvalue weighted by atomic mass is 79.9. The van der Waals surface area contributed by atoms with E-state index >= 15 is 0 Å². The second-order valence-electron chi connectivity index (χ2n) is 4.75. The molecule has 2 fully saturated rings. The summed E-state index contributed by atoms with van der Waals surface area (Å²) < 4.78 is 34.4. The Bertz CT molecular complexity index is 611. The Kier molecular flexibility index (Phi) is 4.72. The third-order valence-electron chi connectivity index (χ3n) is 3.40. The molecule has 0 radical (unpaired) electrons. The zero-order chi connectivity index (χ0) is 16.7. The molecule has 0 aromatic carbocycles. The topological polar surface area (TPSA) is 151 Å². The lowest BCUT2D eigenvalue weighted by molar-refractivity contribution is -0.147. The van der Waals surface area contributed by atoms with Crippen LogP contribution in [0.15, 0.2) is 0 Å². The van der Waals surface area contributed by atoms with E-state index in [1.54, 1.807) is 0 Å². The molecule has 0 aromatic rings. The first-order chi connectivity index (χ1) is 10.2. The largest absolute Gasteiger partial charge is 0.418 e. The van der Waals surface area contributed by atoms with Crippen molar-refractivity contribution >= 4 is 44.2 Å². The molecule has 2 heterocycles. The molecule has 22 heavy (non-hydrogen) atoms. The summed E-state index contributed by atoms with van der Waals surface area (Å²) >= 11 is 2.88. The van der Waals surface area contributed by atoms with Crippen LogP contribution in [-0.2, 0) is 24.3 Å². The fourth-order valence-electron chi connectivity index (χ4n) is 2.44.